The van der Waals surface area contributed by atoms with Crippen molar-refractivity contribution < 1.29 is 28.7 Å². The molecule has 27 heavy (non-hydrogen) atoms. The summed E-state index contributed by atoms with van der Waals surface area (Å²) in [6.45, 7) is 1.85. The first-order valence-electron chi connectivity index (χ1n) is 8.06. The molecule has 2 aromatic carbocycles. The lowest BCUT2D eigenvalue weighted by Crippen LogP contribution is -2.22. The van der Waals surface area contributed by atoms with Crippen LogP contribution in [-0.2, 0) is 9.53 Å². The van der Waals surface area contributed by atoms with Crippen molar-refractivity contribution in [3.8, 4) is 11.5 Å². The normalized spacial score (nSPS) is 12.2. The van der Waals surface area contributed by atoms with Crippen LogP contribution in [0.1, 0.15) is 15.9 Å². The molecule has 0 bridgehead atoms. The minimum absolute atomic E-state index is 0.0721. The van der Waals surface area contributed by atoms with Gasteiger partial charge in [0.1, 0.15) is 18.9 Å². The van der Waals surface area contributed by atoms with Crippen LogP contribution < -0.4 is 14.8 Å². The van der Waals surface area contributed by atoms with Crippen molar-refractivity contribution in [2.45, 2.75) is 6.92 Å². The van der Waals surface area contributed by atoms with Gasteiger partial charge in [0.05, 0.1) is 10.5 Å². The average molecular weight is 372 g/mol. The average Bonchev–Trinajstić information content (AvgIpc) is 2.67. The monoisotopic (exact) mass is 372 g/mol. The van der Waals surface area contributed by atoms with Gasteiger partial charge in [-0.15, -0.1) is 0 Å². The number of rotatable bonds is 5. The van der Waals surface area contributed by atoms with Crippen molar-refractivity contribution in [2.24, 2.45) is 0 Å². The summed E-state index contributed by atoms with van der Waals surface area (Å²) < 4.78 is 15.7. The molecule has 0 fully saturated rings. The molecule has 0 radical (unpaired) electrons. The van der Waals surface area contributed by atoms with Gasteiger partial charge in [-0.3, -0.25) is 14.9 Å². The zero-order valence-electron chi connectivity index (χ0n) is 14.4. The number of anilines is 1. The third kappa shape index (κ3) is 4.14. The molecule has 9 nitrogen and oxygen atoms in total. The standard InChI is InChI=1S/C18H16N2O7/c1-11-3-2-4-13(20(23)24)17(11)19-16(21)10-27-18(22)12-5-6-14-15(9-12)26-8-7-25-14/h2-6,9H,7-8,10H2,1H3,(H,19,21). The Balaban J connectivity index is 1.63. The lowest BCUT2D eigenvalue weighted by atomic mass is 10.1. The highest BCUT2D eigenvalue weighted by Crippen LogP contribution is 2.31. The van der Waals surface area contributed by atoms with E-state index in [0.29, 0.717) is 30.3 Å². The van der Waals surface area contributed by atoms with Crippen LogP contribution in [0.4, 0.5) is 11.4 Å². The van der Waals surface area contributed by atoms with E-state index in [-0.39, 0.29) is 16.9 Å². The minimum Gasteiger partial charge on any atom is -0.486 e. The Morgan fingerprint density at radius 2 is 1.93 bits per heavy atom. The number of fused-ring (bicyclic) bond motifs is 1. The Bertz CT molecular complexity index is 911. The smallest absolute Gasteiger partial charge is 0.338 e. The summed E-state index contributed by atoms with van der Waals surface area (Å²) in [5, 5.41) is 13.5. The number of nitrogens with one attached hydrogen (secondary N) is 1. The van der Waals surface area contributed by atoms with Crippen molar-refractivity contribution in [2.75, 3.05) is 25.1 Å². The maximum absolute atomic E-state index is 12.1. The summed E-state index contributed by atoms with van der Waals surface area (Å²) in [6.07, 6.45) is 0. The topological polar surface area (TPSA) is 117 Å². The van der Waals surface area contributed by atoms with Crippen molar-refractivity contribution >= 4 is 23.3 Å². The Labute approximate surface area is 154 Å². The molecule has 0 aromatic heterocycles. The molecule has 1 heterocycles. The molecular weight excluding hydrogens is 356 g/mol. The third-order valence-electron chi connectivity index (χ3n) is 3.82. The number of nitro benzene ring substituents is 1. The Morgan fingerprint density at radius 3 is 2.67 bits per heavy atom. The van der Waals surface area contributed by atoms with E-state index < -0.39 is 23.4 Å². The van der Waals surface area contributed by atoms with Crippen molar-refractivity contribution in [1.82, 2.24) is 0 Å². The first kappa shape index (κ1) is 18.2. The van der Waals surface area contributed by atoms with Gasteiger partial charge in [0.2, 0.25) is 0 Å². The van der Waals surface area contributed by atoms with Gasteiger partial charge in [-0.2, -0.15) is 0 Å². The van der Waals surface area contributed by atoms with E-state index in [1.165, 1.54) is 24.3 Å². The molecule has 0 spiro atoms. The van der Waals surface area contributed by atoms with Gasteiger partial charge in [-0.1, -0.05) is 12.1 Å². The molecule has 0 saturated carbocycles. The number of hydrogen-bond acceptors (Lipinski definition) is 7. The quantitative estimate of drug-likeness (QED) is 0.487. The molecule has 0 saturated heterocycles. The van der Waals surface area contributed by atoms with Crippen molar-refractivity contribution in [3.63, 3.8) is 0 Å². The number of amides is 1. The SMILES string of the molecule is Cc1cccc([N+](=O)[O-])c1NC(=O)COC(=O)c1ccc2c(c1)OCCO2. The van der Waals surface area contributed by atoms with E-state index >= 15 is 0 Å². The number of hydrogen-bond donors (Lipinski definition) is 1. The van der Waals surface area contributed by atoms with Crippen LogP contribution in [0.2, 0.25) is 0 Å². The van der Waals surface area contributed by atoms with Gasteiger partial charge in [0.25, 0.3) is 11.6 Å². The summed E-state index contributed by atoms with van der Waals surface area (Å²) >= 11 is 0. The summed E-state index contributed by atoms with van der Waals surface area (Å²) in [5.74, 6) is -0.446. The number of carbonyl (C=O) groups is 2. The Kier molecular flexibility index (Phi) is 5.20. The van der Waals surface area contributed by atoms with E-state index in [9.17, 15) is 19.7 Å². The number of nitro groups is 1. The van der Waals surface area contributed by atoms with Crippen LogP contribution in [0.15, 0.2) is 36.4 Å². The van der Waals surface area contributed by atoms with Crippen LogP contribution in [0, 0.1) is 17.0 Å². The number of esters is 1. The maximum Gasteiger partial charge on any atom is 0.338 e. The minimum atomic E-state index is -0.721. The second kappa shape index (κ2) is 7.73. The molecule has 9 heteroatoms. The van der Waals surface area contributed by atoms with Gasteiger partial charge in [0.15, 0.2) is 18.1 Å². The second-order valence-electron chi connectivity index (χ2n) is 5.71. The predicted molar refractivity (Wildman–Crippen MR) is 94.2 cm³/mol. The highest BCUT2D eigenvalue weighted by Gasteiger charge is 2.20. The molecular formula is C18H16N2O7. The molecule has 3 rings (SSSR count). The molecule has 1 aliphatic heterocycles. The fourth-order valence-corrected chi connectivity index (χ4v) is 2.53. The van der Waals surface area contributed by atoms with Gasteiger partial charge in [0, 0.05) is 6.07 Å². The predicted octanol–water partition coefficient (Wildman–Crippen LogP) is 2.47. The number of benzene rings is 2. The molecule has 1 N–H and O–H groups in total. The molecule has 140 valence electrons. The van der Waals surface area contributed by atoms with Crippen LogP contribution in [0.25, 0.3) is 0 Å². The highest BCUT2D eigenvalue weighted by atomic mass is 16.6. The zero-order valence-corrected chi connectivity index (χ0v) is 14.4. The summed E-state index contributed by atoms with van der Waals surface area (Å²) in [4.78, 5) is 34.7. The molecule has 1 amide bonds. The zero-order chi connectivity index (χ0) is 19.4. The first-order valence-corrected chi connectivity index (χ1v) is 8.06. The van der Waals surface area contributed by atoms with Crippen LogP contribution in [0.3, 0.4) is 0 Å². The summed E-state index contributed by atoms with van der Waals surface area (Å²) in [5.41, 5.74) is 0.564. The Hall–Kier alpha value is -3.62. The fourth-order valence-electron chi connectivity index (χ4n) is 2.53. The van der Waals surface area contributed by atoms with E-state index in [1.807, 2.05) is 0 Å². The molecule has 2 aromatic rings. The third-order valence-corrected chi connectivity index (χ3v) is 3.82. The lowest BCUT2D eigenvalue weighted by Gasteiger charge is -2.18. The van der Waals surface area contributed by atoms with Crippen LogP contribution >= 0.6 is 0 Å². The molecule has 0 aliphatic carbocycles. The van der Waals surface area contributed by atoms with Gasteiger partial charge in [-0.25, -0.2) is 4.79 Å². The van der Waals surface area contributed by atoms with Crippen LogP contribution in [-0.4, -0.2) is 36.6 Å². The number of nitrogens with zero attached hydrogens (tertiary/aromatic N) is 1. The lowest BCUT2D eigenvalue weighted by molar-refractivity contribution is -0.384. The Morgan fingerprint density at radius 1 is 1.19 bits per heavy atom. The van der Waals surface area contributed by atoms with Crippen molar-refractivity contribution in [1.29, 1.82) is 0 Å². The number of carbonyl (C=O) groups excluding carboxylic acids is 2. The van der Waals surface area contributed by atoms with E-state index in [4.69, 9.17) is 14.2 Å². The van der Waals surface area contributed by atoms with Gasteiger partial charge < -0.3 is 19.5 Å². The fraction of sp³-hybridized carbons (Fsp3) is 0.222. The van der Waals surface area contributed by atoms with Crippen LogP contribution in [0.5, 0.6) is 11.5 Å². The van der Waals surface area contributed by atoms with Gasteiger partial charge in [-0.05, 0) is 30.7 Å². The second-order valence-corrected chi connectivity index (χ2v) is 5.71. The largest absolute Gasteiger partial charge is 0.486 e. The number of ether oxygens (including phenoxy) is 3. The maximum atomic E-state index is 12.1. The summed E-state index contributed by atoms with van der Waals surface area (Å²) in [6, 6.07) is 8.99. The van der Waals surface area contributed by atoms with Gasteiger partial charge >= 0.3 is 5.97 Å². The first-order chi connectivity index (χ1) is 13.0. The molecule has 1 aliphatic rings. The highest BCUT2D eigenvalue weighted by molar-refractivity contribution is 5.97. The van der Waals surface area contributed by atoms with E-state index in [1.54, 1.807) is 19.1 Å². The number of para-hydroxylation sites is 1. The van der Waals surface area contributed by atoms with Crippen molar-refractivity contribution in [3.05, 3.63) is 57.6 Å². The molecule has 0 unspecified atom stereocenters. The summed E-state index contributed by atoms with van der Waals surface area (Å²) in [7, 11) is 0. The van der Waals surface area contributed by atoms with E-state index in [2.05, 4.69) is 5.32 Å². The number of aryl methyl sites for hydroxylation is 1. The molecule has 0 atom stereocenters. The van der Waals surface area contributed by atoms with E-state index in [0.717, 1.165) is 0 Å².